The van der Waals surface area contributed by atoms with E-state index in [0.29, 0.717) is 0 Å². The van der Waals surface area contributed by atoms with E-state index in [1.54, 1.807) is 0 Å². The minimum atomic E-state index is -0.970. The fourth-order valence-electron chi connectivity index (χ4n) is 1.31. The summed E-state index contributed by atoms with van der Waals surface area (Å²) >= 11 is 5.77. The van der Waals surface area contributed by atoms with Gasteiger partial charge >= 0.3 is 0 Å². The molecule has 1 rings (SSSR count). The van der Waals surface area contributed by atoms with E-state index in [2.05, 4.69) is 10.6 Å². The Kier molecular flexibility index (Phi) is 3.43. The summed E-state index contributed by atoms with van der Waals surface area (Å²) in [5.74, 6) is 0. The van der Waals surface area contributed by atoms with Crippen LogP contribution in [0.25, 0.3) is 0 Å². The van der Waals surface area contributed by atoms with Crippen LogP contribution in [0.4, 0.5) is 0 Å². The first kappa shape index (κ1) is 10.6. The largest absolute Gasteiger partial charge is 0.359 e. The predicted octanol–water partition coefficient (Wildman–Crippen LogP) is -0.292. The molecule has 1 heterocycles. The summed E-state index contributed by atoms with van der Waals surface area (Å²) in [6.45, 7) is 1.82. The van der Waals surface area contributed by atoms with Gasteiger partial charge in [-0.05, 0) is 6.92 Å². The molecule has 0 bridgehead atoms. The number of halogens is 1. The molecule has 7 heteroatoms. The number of alkyl halides is 1. The molecule has 2 N–H and O–H groups in total. The third-order valence-electron chi connectivity index (χ3n) is 1.93. The molecule has 0 amide bonds. The van der Waals surface area contributed by atoms with E-state index in [9.17, 15) is 10.1 Å². The molecule has 1 aliphatic rings. The number of methoxy groups -OCH3 is 1. The minimum Gasteiger partial charge on any atom is -0.359 e. The highest BCUT2D eigenvalue weighted by atomic mass is 35.5. The fourth-order valence-corrected chi connectivity index (χ4v) is 1.72. The molecule has 0 saturated carbocycles. The first-order valence-electron chi connectivity index (χ1n) is 3.88. The van der Waals surface area contributed by atoms with Crippen LogP contribution in [0.1, 0.15) is 6.92 Å². The van der Waals surface area contributed by atoms with Crippen molar-refractivity contribution in [3.8, 4) is 0 Å². The topological polar surface area (TPSA) is 76.4 Å². The molecular weight excluding hydrogens is 198 g/mol. The quantitative estimate of drug-likeness (QED) is 0.283. The van der Waals surface area contributed by atoms with Crippen molar-refractivity contribution in [1.29, 1.82) is 0 Å². The second-order valence-electron chi connectivity index (χ2n) is 2.89. The monoisotopic (exact) mass is 209 g/mol. The predicted molar refractivity (Wildman–Crippen MR) is 47.0 cm³/mol. The van der Waals surface area contributed by atoms with Gasteiger partial charge in [-0.15, -0.1) is 0 Å². The van der Waals surface area contributed by atoms with Gasteiger partial charge in [0.15, 0.2) is 11.7 Å². The summed E-state index contributed by atoms with van der Waals surface area (Å²) in [7, 11) is 1.41. The van der Waals surface area contributed by atoms with Gasteiger partial charge in [-0.1, -0.05) is 11.6 Å². The van der Waals surface area contributed by atoms with Crippen LogP contribution in [0.5, 0.6) is 0 Å². The third-order valence-corrected chi connectivity index (χ3v) is 2.32. The van der Waals surface area contributed by atoms with Gasteiger partial charge in [0.1, 0.15) is 0 Å². The van der Waals surface area contributed by atoms with Crippen LogP contribution in [0, 0.1) is 10.1 Å². The molecule has 0 spiro atoms. The van der Waals surface area contributed by atoms with E-state index in [0.717, 1.165) is 0 Å². The van der Waals surface area contributed by atoms with Gasteiger partial charge in [0.05, 0.1) is 6.17 Å². The summed E-state index contributed by atoms with van der Waals surface area (Å²) in [6, 6.07) is -0.970. The Labute approximate surface area is 80.7 Å². The van der Waals surface area contributed by atoms with Crippen molar-refractivity contribution in [3.05, 3.63) is 10.1 Å². The molecule has 1 aliphatic heterocycles. The third kappa shape index (κ3) is 2.28. The molecule has 4 atom stereocenters. The maximum absolute atomic E-state index is 10.6. The maximum Gasteiger partial charge on any atom is 0.280 e. The summed E-state index contributed by atoms with van der Waals surface area (Å²) < 4.78 is 4.93. The molecule has 0 aliphatic carbocycles. The lowest BCUT2D eigenvalue weighted by molar-refractivity contribution is -0.540. The first-order valence-corrected chi connectivity index (χ1v) is 4.32. The molecule has 13 heavy (non-hydrogen) atoms. The summed E-state index contributed by atoms with van der Waals surface area (Å²) in [4.78, 5) is 10.2. The van der Waals surface area contributed by atoms with Crippen LogP contribution in [0.2, 0.25) is 0 Å². The molecule has 0 radical (unpaired) electrons. The number of rotatable bonds is 2. The SMILES string of the molecule is COC1NC(C)NC(Cl)C1[N+](=O)[O-]. The van der Waals surface area contributed by atoms with Gasteiger partial charge in [0.2, 0.25) is 0 Å². The number of hydrogen-bond donors (Lipinski definition) is 2. The van der Waals surface area contributed by atoms with Crippen molar-refractivity contribution in [2.75, 3.05) is 7.11 Å². The smallest absolute Gasteiger partial charge is 0.280 e. The van der Waals surface area contributed by atoms with Crippen LogP contribution in [-0.2, 0) is 4.74 Å². The number of nitrogens with zero attached hydrogens (tertiary/aromatic N) is 1. The van der Waals surface area contributed by atoms with E-state index in [-0.39, 0.29) is 6.17 Å². The molecule has 1 saturated heterocycles. The number of ether oxygens (including phenoxy) is 1. The summed E-state index contributed by atoms with van der Waals surface area (Å²) in [5, 5.41) is 16.3. The number of hydrogen-bond acceptors (Lipinski definition) is 5. The Morgan fingerprint density at radius 1 is 1.54 bits per heavy atom. The summed E-state index contributed by atoms with van der Waals surface area (Å²) in [5.41, 5.74) is -0.712. The Balaban J connectivity index is 2.71. The van der Waals surface area contributed by atoms with Crippen molar-refractivity contribution < 1.29 is 9.66 Å². The van der Waals surface area contributed by atoms with Crippen LogP contribution in [0.15, 0.2) is 0 Å². The zero-order valence-corrected chi connectivity index (χ0v) is 8.12. The fraction of sp³-hybridized carbons (Fsp3) is 1.00. The van der Waals surface area contributed by atoms with E-state index < -0.39 is 22.7 Å². The van der Waals surface area contributed by atoms with E-state index in [1.165, 1.54) is 7.11 Å². The standard InChI is InChI=1S/C6H12ClN3O3/c1-3-8-5(7)4(10(11)12)6(9-3)13-2/h3-6,8-9H,1-2H3. The molecule has 76 valence electrons. The lowest BCUT2D eigenvalue weighted by atomic mass is 10.2. The zero-order valence-electron chi connectivity index (χ0n) is 7.36. The maximum atomic E-state index is 10.6. The Hall–Kier alpha value is -0.430. The lowest BCUT2D eigenvalue weighted by Gasteiger charge is -2.34. The molecular formula is C6H12ClN3O3. The Bertz CT molecular complexity index is 204. The van der Waals surface area contributed by atoms with Crippen molar-refractivity contribution in [2.24, 2.45) is 0 Å². The second kappa shape index (κ2) is 4.19. The summed E-state index contributed by atoms with van der Waals surface area (Å²) in [6.07, 6.45) is -0.739. The molecule has 0 aromatic carbocycles. The van der Waals surface area contributed by atoms with E-state index in [1.807, 2.05) is 6.92 Å². The normalized spacial score (nSPS) is 40.2. The minimum absolute atomic E-state index is 0.0938. The lowest BCUT2D eigenvalue weighted by Crippen LogP contribution is -2.66. The van der Waals surface area contributed by atoms with Gasteiger partial charge < -0.3 is 4.74 Å². The van der Waals surface area contributed by atoms with Crippen molar-refractivity contribution in [2.45, 2.75) is 30.9 Å². The van der Waals surface area contributed by atoms with Crippen LogP contribution in [-0.4, -0.2) is 36.0 Å². The second-order valence-corrected chi connectivity index (χ2v) is 3.36. The van der Waals surface area contributed by atoms with Crippen molar-refractivity contribution in [1.82, 2.24) is 10.6 Å². The van der Waals surface area contributed by atoms with Crippen LogP contribution >= 0.6 is 11.6 Å². The first-order chi connectivity index (χ1) is 6.06. The number of nitrogens with one attached hydrogen (secondary N) is 2. The highest BCUT2D eigenvalue weighted by Gasteiger charge is 2.43. The molecule has 0 aromatic rings. The average molecular weight is 210 g/mol. The number of nitro groups is 1. The van der Waals surface area contributed by atoms with Gasteiger partial charge in [-0.3, -0.25) is 20.7 Å². The van der Waals surface area contributed by atoms with Gasteiger partial charge in [0.25, 0.3) is 6.04 Å². The van der Waals surface area contributed by atoms with Crippen molar-refractivity contribution >= 4 is 11.6 Å². The van der Waals surface area contributed by atoms with Crippen LogP contribution < -0.4 is 10.6 Å². The highest BCUT2D eigenvalue weighted by molar-refractivity contribution is 6.20. The zero-order chi connectivity index (χ0) is 10.0. The van der Waals surface area contributed by atoms with Gasteiger partial charge in [-0.2, -0.15) is 0 Å². The van der Waals surface area contributed by atoms with Gasteiger partial charge in [0, 0.05) is 12.0 Å². The van der Waals surface area contributed by atoms with E-state index >= 15 is 0 Å². The molecule has 1 fully saturated rings. The average Bonchev–Trinajstić information content (AvgIpc) is 2.01. The highest BCUT2D eigenvalue weighted by Crippen LogP contribution is 2.14. The van der Waals surface area contributed by atoms with E-state index in [4.69, 9.17) is 16.3 Å². The van der Waals surface area contributed by atoms with Crippen LogP contribution in [0.3, 0.4) is 0 Å². The molecule has 0 aromatic heterocycles. The Morgan fingerprint density at radius 2 is 2.15 bits per heavy atom. The van der Waals surface area contributed by atoms with Crippen molar-refractivity contribution in [3.63, 3.8) is 0 Å². The molecule has 4 unspecified atom stereocenters. The molecule has 6 nitrogen and oxygen atoms in total. The Morgan fingerprint density at radius 3 is 2.62 bits per heavy atom. The van der Waals surface area contributed by atoms with Gasteiger partial charge in [-0.25, -0.2) is 0 Å².